The Kier molecular flexibility index (Phi) is 6.62. The summed E-state index contributed by atoms with van der Waals surface area (Å²) in [6, 6.07) is 2.64. The van der Waals surface area contributed by atoms with Crippen molar-refractivity contribution in [1.29, 1.82) is 0 Å². The van der Waals surface area contributed by atoms with E-state index in [1.54, 1.807) is 24.9 Å². The zero-order valence-electron chi connectivity index (χ0n) is 12.9. The van der Waals surface area contributed by atoms with Crippen molar-refractivity contribution in [3.8, 4) is 0 Å². The largest absolute Gasteiger partial charge is 0.344 e. The van der Waals surface area contributed by atoms with Gasteiger partial charge in [0.25, 0.3) is 5.91 Å². The van der Waals surface area contributed by atoms with Gasteiger partial charge in [0.1, 0.15) is 11.2 Å². The lowest BCUT2D eigenvalue weighted by Gasteiger charge is -2.20. The summed E-state index contributed by atoms with van der Waals surface area (Å²) < 4.78 is 0. The number of rotatable bonds is 6. The molecule has 1 aromatic heterocycles. The van der Waals surface area contributed by atoms with Crippen LogP contribution in [0.5, 0.6) is 0 Å². The third kappa shape index (κ3) is 5.01. The molecule has 0 aliphatic carbocycles. The Morgan fingerprint density at radius 3 is 2.62 bits per heavy atom. The molecule has 0 fully saturated rings. The van der Waals surface area contributed by atoms with E-state index in [9.17, 15) is 9.59 Å². The summed E-state index contributed by atoms with van der Waals surface area (Å²) in [5.74, 6) is -0.443. The lowest BCUT2D eigenvalue weighted by Crippen LogP contribution is -2.45. The predicted octanol–water partition coefficient (Wildman–Crippen LogP) is 2.28. The fourth-order valence-corrected chi connectivity index (χ4v) is 2.12. The topological polar surface area (TPSA) is 62.3 Å². The first-order valence-corrected chi connectivity index (χ1v) is 7.49. The van der Waals surface area contributed by atoms with Gasteiger partial charge < -0.3 is 10.2 Å². The number of carbonyl (C=O) groups is 2. The van der Waals surface area contributed by atoms with Crippen molar-refractivity contribution in [2.24, 2.45) is 0 Å². The monoisotopic (exact) mass is 311 g/mol. The Hall–Kier alpha value is -1.62. The molecule has 0 spiro atoms. The van der Waals surface area contributed by atoms with Crippen LogP contribution in [0.1, 0.15) is 43.2 Å². The van der Waals surface area contributed by atoms with Crippen LogP contribution in [0.25, 0.3) is 0 Å². The predicted molar refractivity (Wildman–Crippen MR) is 83.5 cm³/mol. The maximum absolute atomic E-state index is 12.2. The summed E-state index contributed by atoms with van der Waals surface area (Å²) in [6.45, 7) is 6.18. The average molecular weight is 312 g/mol. The van der Waals surface area contributed by atoms with Gasteiger partial charge in [-0.1, -0.05) is 24.9 Å². The highest BCUT2D eigenvalue weighted by Gasteiger charge is 2.19. The van der Waals surface area contributed by atoms with E-state index in [0.29, 0.717) is 12.1 Å². The molecule has 1 heterocycles. The van der Waals surface area contributed by atoms with Crippen LogP contribution in [-0.2, 0) is 11.2 Å². The molecule has 0 saturated heterocycles. The molecule has 5 nitrogen and oxygen atoms in total. The first-order chi connectivity index (χ1) is 9.88. The van der Waals surface area contributed by atoms with Gasteiger partial charge >= 0.3 is 0 Å². The second kappa shape index (κ2) is 7.98. The van der Waals surface area contributed by atoms with Gasteiger partial charge in [-0.2, -0.15) is 0 Å². The quantitative estimate of drug-likeness (QED) is 0.820. The Bertz CT molecular complexity index is 520. The second-order valence-corrected chi connectivity index (χ2v) is 5.35. The molecule has 0 radical (unpaired) electrons. The van der Waals surface area contributed by atoms with Gasteiger partial charge in [-0.25, -0.2) is 4.98 Å². The van der Waals surface area contributed by atoms with E-state index in [-0.39, 0.29) is 17.0 Å². The van der Waals surface area contributed by atoms with Gasteiger partial charge in [0.2, 0.25) is 5.91 Å². The molecule has 21 heavy (non-hydrogen) atoms. The lowest BCUT2D eigenvalue weighted by atomic mass is 10.1. The fourth-order valence-electron chi connectivity index (χ4n) is 1.89. The number of amides is 2. The first-order valence-electron chi connectivity index (χ1n) is 7.11. The van der Waals surface area contributed by atoms with Gasteiger partial charge in [0.15, 0.2) is 0 Å². The van der Waals surface area contributed by atoms with E-state index in [1.807, 2.05) is 13.8 Å². The van der Waals surface area contributed by atoms with Gasteiger partial charge in [-0.3, -0.25) is 9.59 Å². The number of halogens is 1. The van der Waals surface area contributed by atoms with Crippen molar-refractivity contribution in [3.05, 3.63) is 28.5 Å². The number of hydrogen-bond donors (Lipinski definition) is 1. The van der Waals surface area contributed by atoms with Crippen LogP contribution in [0.4, 0.5) is 0 Å². The summed E-state index contributed by atoms with van der Waals surface area (Å²) in [6.07, 6.45) is 1.68. The highest BCUT2D eigenvalue weighted by molar-refractivity contribution is 6.29. The van der Waals surface area contributed by atoms with Crippen LogP contribution in [0, 0.1) is 0 Å². The number of nitrogens with one attached hydrogen (secondary N) is 1. The van der Waals surface area contributed by atoms with Gasteiger partial charge in [-0.15, -0.1) is 0 Å². The van der Waals surface area contributed by atoms with Crippen LogP contribution < -0.4 is 5.32 Å². The molecule has 1 atom stereocenters. The number of pyridine rings is 1. The van der Waals surface area contributed by atoms with Crippen LogP contribution in [0.2, 0.25) is 5.15 Å². The molecular formula is C15H22ClN3O2. The zero-order valence-corrected chi connectivity index (χ0v) is 13.7. The van der Waals surface area contributed by atoms with Gasteiger partial charge in [-0.05, 0) is 32.4 Å². The van der Waals surface area contributed by atoms with Crippen LogP contribution in [0.15, 0.2) is 12.1 Å². The van der Waals surface area contributed by atoms with Gasteiger partial charge in [0.05, 0.1) is 0 Å². The number of carbonyl (C=O) groups excluding carboxylic acids is 2. The third-order valence-corrected chi connectivity index (χ3v) is 3.38. The van der Waals surface area contributed by atoms with E-state index >= 15 is 0 Å². The number of nitrogens with zero attached hydrogens (tertiary/aromatic N) is 2. The van der Waals surface area contributed by atoms with Crippen molar-refractivity contribution < 1.29 is 9.59 Å². The Balaban J connectivity index is 2.82. The van der Waals surface area contributed by atoms with Crippen LogP contribution >= 0.6 is 11.6 Å². The Labute approximate surface area is 130 Å². The number of hydrogen-bond acceptors (Lipinski definition) is 3. The highest BCUT2D eigenvalue weighted by Crippen LogP contribution is 2.12. The fraction of sp³-hybridized carbons (Fsp3) is 0.533. The molecule has 1 unspecified atom stereocenters. The average Bonchev–Trinajstić information content (AvgIpc) is 2.45. The summed E-state index contributed by atoms with van der Waals surface area (Å²) in [7, 11) is 1.70. The van der Waals surface area contributed by atoms with Crippen molar-refractivity contribution in [3.63, 3.8) is 0 Å². The van der Waals surface area contributed by atoms with E-state index in [0.717, 1.165) is 18.5 Å². The van der Waals surface area contributed by atoms with Gasteiger partial charge in [0, 0.05) is 24.8 Å². The lowest BCUT2D eigenvalue weighted by molar-refractivity contribution is -0.131. The maximum atomic E-state index is 12.2. The molecule has 2 amide bonds. The SMILES string of the molecule is CCCc1cc(C(=O)NC(C)C(=O)N(C)CC)cc(Cl)n1. The molecule has 1 rings (SSSR count). The molecule has 116 valence electrons. The standard InChI is InChI=1S/C15H22ClN3O2/c1-5-7-12-8-11(9-13(16)18-12)14(20)17-10(3)15(21)19(4)6-2/h8-10H,5-7H2,1-4H3,(H,17,20). The van der Waals surface area contributed by atoms with E-state index in [4.69, 9.17) is 11.6 Å². The minimum atomic E-state index is -0.580. The summed E-state index contributed by atoms with van der Waals surface area (Å²) in [4.78, 5) is 29.9. The van der Waals surface area contributed by atoms with Crippen LogP contribution in [0.3, 0.4) is 0 Å². The third-order valence-electron chi connectivity index (χ3n) is 3.18. The van der Waals surface area contributed by atoms with Crippen molar-refractivity contribution in [2.75, 3.05) is 13.6 Å². The summed E-state index contributed by atoms with van der Waals surface area (Å²) in [5, 5.41) is 2.98. The Morgan fingerprint density at radius 1 is 1.38 bits per heavy atom. The smallest absolute Gasteiger partial charge is 0.252 e. The number of likely N-dealkylation sites (N-methyl/N-ethyl adjacent to an activating group) is 1. The summed E-state index contributed by atoms with van der Waals surface area (Å²) >= 11 is 5.94. The second-order valence-electron chi connectivity index (χ2n) is 4.97. The van der Waals surface area contributed by atoms with Crippen molar-refractivity contribution in [2.45, 2.75) is 39.7 Å². The molecule has 0 aliphatic heterocycles. The molecule has 0 aromatic carbocycles. The normalized spacial score (nSPS) is 11.9. The highest BCUT2D eigenvalue weighted by atomic mass is 35.5. The molecule has 1 aromatic rings. The molecule has 6 heteroatoms. The molecular weight excluding hydrogens is 290 g/mol. The Morgan fingerprint density at radius 2 is 2.05 bits per heavy atom. The van der Waals surface area contributed by atoms with E-state index in [1.165, 1.54) is 6.07 Å². The first kappa shape index (κ1) is 17.4. The minimum absolute atomic E-state index is 0.125. The number of aryl methyl sites for hydroxylation is 1. The van der Waals surface area contributed by atoms with E-state index < -0.39 is 6.04 Å². The van der Waals surface area contributed by atoms with Crippen LogP contribution in [-0.4, -0.2) is 41.3 Å². The molecule has 0 bridgehead atoms. The zero-order chi connectivity index (χ0) is 16.0. The minimum Gasteiger partial charge on any atom is -0.344 e. The van der Waals surface area contributed by atoms with E-state index in [2.05, 4.69) is 10.3 Å². The number of aromatic nitrogens is 1. The van der Waals surface area contributed by atoms with Crippen molar-refractivity contribution in [1.82, 2.24) is 15.2 Å². The molecule has 1 N–H and O–H groups in total. The maximum Gasteiger partial charge on any atom is 0.252 e. The molecule has 0 saturated carbocycles. The molecule has 0 aliphatic rings. The summed E-state index contributed by atoms with van der Waals surface area (Å²) in [5.41, 5.74) is 1.21. The van der Waals surface area contributed by atoms with Crippen molar-refractivity contribution >= 4 is 23.4 Å².